The Hall–Kier alpha value is -0.830. The summed E-state index contributed by atoms with van der Waals surface area (Å²) in [5.74, 6) is 1.64. The number of nitrogens with one attached hydrogen (secondary N) is 1. The zero-order valence-electron chi connectivity index (χ0n) is 14.1. The van der Waals surface area contributed by atoms with Gasteiger partial charge in [0.25, 0.3) is 0 Å². The molecule has 0 aromatic carbocycles. The standard InChI is InChI=1S/C18H33N3/c1-4-18(5-2)21-12-11-17(20-21)13-15-9-7-6-8-10-16(15)14-19-3/h11-12,15-16,18-19H,4-10,13-14H2,1-3H3. The third-order valence-electron chi connectivity index (χ3n) is 5.23. The first-order valence-corrected chi connectivity index (χ1v) is 8.97. The highest BCUT2D eigenvalue weighted by Gasteiger charge is 2.24. The fraction of sp³-hybridized carbons (Fsp3) is 0.833. The summed E-state index contributed by atoms with van der Waals surface area (Å²) in [6.45, 7) is 5.67. The van der Waals surface area contributed by atoms with Crippen molar-refractivity contribution in [2.24, 2.45) is 11.8 Å². The Labute approximate surface area is 130 Å². The van der Waals surface area contributed by atoms with E-state index in [2.05, 4.69) is 43.2 Å². The van der Waals surface area contributed by atoms with Crippen molar-refractivity contribution in [1.29, 1.82) is 0 Å². The smallest absolute Gasteiger partial charge is 0.0627 e. The van der Waals surface area contributed by atoms with Gasteiger partial charge in [-0.2, -0.15) is 5.10 Å². The molecule has 1 aromatic rings. The van der Waals surface area contributed by atoms with Gasteiger partial charge < -0.3 is 5.32 Å². The van der Waals surface area contributed by atoms with Crippen LogP contribution < -0.4 is 5.32 Å². The Balaban J connectivity index is 2.01. The summed E-state index contributed by atoms with van der Waals surface area (Å²) in [5, 5.41) is 8.26. The first-order valence-electron chi connectivity index (χ1n) is 8.97. The maximum atomic E-state index is 4.87. The van der Waals surface area contributed by atoms with Gasteiger partial charge in [-0.05, 0) is 63.6 Å². The Bertz CT molecular complexity index is 395. The molecule has 21 heavy (non-hydrogen) atoms. The lowest BCUT2D eigenvalue weighted by Crippen LogP contribution is -2.26. The first kappa shape index (κ1) is 16.5. The molecule has 1 saturated carbocycles. The normalized spacial score (nSPS) is 23.4. The molecule has 1 fully saturated rings. The van der Waals surface area contributed by atoms with Crippen molar-refractivity contribution in [2.75, 3.05) is 13.6 Å². The van der Waals surface area contributed by atoms with Gasteiger partial charge in [0.2, 0.25) is 0 Å². The van der Waals surface area contributed by atoms with Crippen LogP contribution in [-0.4, -0.2) is 23.4 Å². The SMILES string of the molecule is CCC(CC)n1ccc(CC2CCCCCC2CNC)n1. The summed E-state index contributed by atoms with van der Waals surface area (Å²) in [5.41, 5.74) is 1.30. The topological polar surface area (TPSA) is 29.9 Å². The van der Waals surface area contributed by atoms with E-state index in [0.717, 1.165) is 18.4 Å². The van der Waals surface area contributed by atoms with Crippen molar-refractivity contribution in [3.8, 4) is 0 Å². The summed E-state index contributed by atoms with van der Waals surface area (Å²) >= 11 is 0. The van der Waals surface area contributed by atoms with Crippen LogP contribution >= 0.6 is 0 Å². The predicted octanol–water partition coefficient (Wildman–Crippen LogP) is 4.20. The zero-order chi connectivity index (χ0) is 15.1. The van der Waals surface area contributed by atoms with Crippen molar-refractivity contribution in [3.63, 3.8) is 0 Å². The van der Waals surface area contributed by atoms with E-state index in [0.29, 0.717) is 6.04 Å². The highest BCUT2D eigenvalue weighted by Crippen LogP contribution is 2.31. The van der Waals surface area contributed by atoms with Gasteiger partial charge in [0.1, 0.15) is 0 Å². The number of aromatic nitrogens is 2. The van der Waals surface area contributed by atoms with Crippen molar-refractivity contribution < 1.29 is 0 Å². The number of hydrogen-bond acceptors (Lipinski definition) is 2. The third-order valence-corrected chi connectivity index (χ3v) is 5.23. The van der Waals surface area contributed by atoms with Crippen LogP contribution in [0.2, 0.25) is 0 Å². The van der Waals surface area contributed by atoms with E-state index in [1.54, 1.807) is 0 Å². The molecule has 1 heterocycles. The average Bonchev–Trinajstić information content (AvgIpc) is 2.83. The van der Waals surface area contributed by atoms with Gasteiger partial charge in [0.15, 0.2) is 0 Å². The zero-order valence-corrected chi connectivity index (χ0v) is 14.1. The van der Waals surface area contributed by atoms with Crippen LogP contribution in [0.3, 0.4) is 0 Å². The number of rotatable bonds is 7. The van der Waals surface area contributed by atoms with Gasteiger partial charge >= 0.3 is 0 Å². The van der Waals surface area contributed by atoms with E-state index >= 15 is 0 Å². The molecule has 0 bridgehead atoms. The molecule has 1 aliphatic rings. The van der Waals surface area contributed by atoms with Gasteiger partial charge in [0.05, 0.1) is 11.7 Å². The minimum absolute atomic E-state index is 0.570. The molecule has 0 amide bonds. The van der Waals surface area contributed by atoms with Gasteiger partial charge in [-0.15, -0.1) is 0 Å². The van der Waals surface area contributed by atoms with Crippen LogP contribution in [0.25, 0.3) is 0 Å². The highest BCUT2D eigenvalue weighted by atomic mass is 15.3. The molecule has 2 rings (SSSR count). The molecule has 0 radical (unpaired) electrons. The van der Waals surface area contributed by atoms with Crippen molar-refractivity contribution in [2.45, 2.75) is 71.3 Å². The minimum Gasteiger partial charge on any atom is -0.319 e. The summed E-state index contributed by atoms with van der Waals surface area (Å²) in [6, 6.07) is 2.82. The van der Waals surface area contributed by atoms with E-state index in [-0.39, 0.29) is 0 Å². The average molecular weight is 291 g/mol. The fourth-order valence-electron chi connectivity index (χ4n) is 3.88. The lowest BCUT2D eigenvalue weighted by atomic mass is 9.84. The quantitative estimate of drug-likeness (QED) is 0.763. The Morgan fingerprint density at radius 2 is 1.90 bits per heavy atom. The molecule has 0 aliphatic heterocycles. The molecule has 3 nitrogen and oxygen atoms in total. The largest absolute Gasteiger partial charge is 0.319 e. The van der Waals surface area contributed by atoms with E-state index < -0.39 is 0 Å². The van der Waals surface area contributed by atoms with Gasteiger partial charge in [0, 0.05) is 6.20 Å². The molecule has 0 saturated heterocycles. The molecule has 2 atom stereocenters. The molecule has 1 aliphatic carbocycles. The van der Waals surface area contributed by atoms with Gasteiger partial charge in [-0.1, -0.05) is 33.1 Å². The van der Waals surface area contributed by atoms with Crippen LogP contribution in [-0.2, 0) is 6.42 Å². The van der Waals surface area contributed by atoms with Gasteiger partial charge in [-0.3, -0.25) is 4.68 Å². The maximum Gasteiger partial charge on any atom is 0.0627 e. The van der Waals surface area contributed by atoms with E-state index in [1.807, 2.05) is 0 Å². The summed E-state index contributed by atoms with van der Waals surface area (Å²) in [4.78, 5) is 0. The first-order chi connectivity index (χ1) is 10.3. The Kier molecular flexibility index (Phi) is 6.75. The lowest BCUT2D eigenvalue weighted by Gasteiger charge is -2.24. The second kappa shape index (κ2) is 8.57. The van der Waals surface area contributed by atoms with E-state index in [9.17, 15) is 0 Å². The summed E-state index contributed by atoms with van der Waals surface area (Å²) < 4.78 is 2.19. The number of nitrogens with zero attached hydrogens (tertiary/aromatic N) is 2. The van der Waals surface area contributed by atoms with Crippen molar-refractivity contribution >= 4 is 0 Å². The van der Waals surface area contributed by atoms with E-state index in [4.69, 9.17) is 5.10 Å². The molecular weight excluding hydrogens is 258 g/mol. The highest BCUT2D eigenvalue weighted by molar-refractivity contribution is 5.02. The third kappa shape index (κ3) is 4.57. The molecule has 120 valence electrons. The Morgan fingerprint density at radius 1 is 1.19 bits per heavy atom. The van der Waals surface area contributed by atoms with Crippen LogP contribution in [0.4, 0.5) is 0 Å². The molecule has 1 N–H and O–H groups in total. The fourth-order valence-corrected chi connectivity index (χ4v) is 3.88. The van der Waals surface area contributed by atoms with Crippen LogP contribution in [0.1, 0.15) is 70.5 Å². The Morgan fingerprint density at radius 3 is 2.57 bits per heavy atom. The molecule has 0 spiro atoms. The summed E-state index contributed by atoms with van der Waals surface area (Å²) in [7, 11) is 2.09. The predicted molar refractivity (Wildman–Crippen MR) is 89.5 cm³/mol. The second-order valence-corrected chi connectivity index (χ2v) is 6.68. The molecular formula is C18H33N3. The summed E-state index contributed by atoms with van der Waals surface area (Å²) in [6.07, 6.45) is 12.7. The van der Waals surface area contributed by atoms with Crippen molar-refractivity contribution in [3.05, 3.63) is 18.0 Å². The van der Waals surface area contributed by atoms with E-state index in [1.165, 1.54) is 57.1 Å². The van der Waals surface area contributed by atoms with Crippen molar-refractivity contribution in [1.82, 2.24) is 15.1 Å². The number of hydrogen-bond donors (Lipinski definition) is 1. The molecule has 1 aromatic heterocycles. The monoisotopic (exact) mass is 291 g/mol. The lowest BCUT2D eigenvalue weighted by molar-refractivity contribution is 0.300. The molecule has 3 heteroatoms. The van der Waals surface area contributed by atoms with Crippen LogP contribution in [0.15, 0.2) is 12.3 Å². The second-order valence-electron chi connectivity index (χ2n) is 6.68. The van der Waals surface area contributed by atoms with Crippen LogP contribution in [0, 0.1) is 11.8 Å². The van der Waals surface area contributed by atoms with Crippen LogP contribution in [0.5, 0.6) is 0 Å². The maximum absolute atomic E-state index is 4.87. The van der Waals surface area contributed by atoms with Gasteiger partial charge in [-0.25, -0.2) is 0 Å². The minimum atomic E-state index is 0.570. The molecule has 2 unspecified atom stereocenters.